The molecule has 0 bridgehead atoms. The standard InChI is InChI=1S/C23H34O11/c1-5-8-18(27)32-21-14(4)31-15(13-30-17(26)12-11-16(24)25)22(33-19(28)9-6-2)23(21)34-20(29)10-7-3/h11-12,14-15,21-23H,5-10,13H2,1-4H3,(H,24,25)/b12-11+/t14-,15-,21+,22-,23+/m0/s1. The Balaban J connectivity index is 3.21. The van der Waals surface area contributed by atoms with E-state index in [1.54, 1.807) is 27.7 Å². The number of hydrogen-bond donors (Lipinski definition) is 1. The third-order valence-corrected chi connectivity index (χ3v) is 4.78. The van der Waals surface area contributed by atoms with E-state index in [0.29, 0.717) is 25.3 Å². The Morgan fingerprint density at radius 1 is 0.765 bits per heavy atom. The highest BCUT2D eigenvalue weighted by molar-refractivity contribution is 5.90. The smallest absolute Gasteiger partial charge is 0.331 e. The maximum atomic E-state index is 12.4. The van der Waals surface area contributed by atoms with Crippen LogP contribution in [0.5, 0.6) is 0 Å². The first-order valence-electron chi connectivity index (χ1n) is 11.4. The number of carboxylic acid groups (broad SMARTS) is 1. The molecule has 1 aliphatic heterocycles. The fourth-order valence-electron chi connectivity index (χ4n) is 3.27. The van der Waals surface area contributed by atoms with E-state index < -0.39 is 67.0 Å². The van der Waals surface area contributed by atoms with Crippen molar-refractivity contribution in [1.29, 1.82) is 0 Å². The van der Waals surface area contributed by atoms with Crippen molar-refractivity contribution in [3.8, 4) is 0 Å². The van der Waals surface area contributed by atoms with Crippen molar-refractivity contribution < 1.29 is 52.8 Å². The van der Waals surface area contributed by atoms with Gasteiger partial charge in [0, 0.05) is 31.4 Å². The van der Waals surface area contributed by atoms with Crippen LogP contribution in [0.2, 0.25) is 0 Å². The number of aliphatic carboxylic acids is 1. The van der Waals surface area contributed by atoms with Crippen LogP contribution in [0.4, 0.5) is 0 Å². The quantitative estimate of drug-likeness (QED) is 0.231. The van der Waals surface area contributed by atoms with Gasteiger partial charge in [0.15, 0.2) is 18.3 Å². The molecule has 0 radical (unpaired) electrons. The SMILES string of the molecule is CCCC(=O)O[C@H]1[C@@H](OC(=O)CCC)[C@H](COC(=O)/C=C/C(=O)O)O[C@@H](C)[C@H]1OC(=O)CCC. The summed E-state index contributed by atoms with van der Waals surface area (Å²) < 4.78 is 27.6. The average Bonchev–Trinajstić information content (AvgIpc) is 2.75. The number of carboxylic acids is 1. The zero-order chi connectivity index (χ0) is 25.7. The predicted octanol–water partition coefficient (Wildman–Crippen LogP) is 2.09. The number of ether oxygens (including phenoxy) is 5. The van der Waals surface area contributed by atoms with Gasteiger partial charge in [0.2, 0.25) is 0 Å². The molecule has 11 heteroatoms. The van der Waals surface area contributed by atoms with Crippen LogP contribution in [-0.4, -0.2) is 72.1 Å². The summed E-state index contributed by atoms with van der Waals surface area (Å²) in [4.78, 5) is 59.3. The van der Waals surface area contributed by atoms with Crippen molar-refractivity contribution in [2.75, 3.05) is 6.61 Å². The van der Waals surface area contributed by atoms with E-state index in [1.807, 2.05) is 0 Å². The van der Waals surface area contributed by atoms with Crippen molar-refractivity contribution in [3.63, 3.8) is 0 Å². The summed E-state index contributed by atoms with van der Waals surface area (Å²) in [5, 5.41) is 8.64. The van der Waals surface area contributed by atoms with Gasteiger partial charge in [0.05, 0.1) is 6.10 Å². The van der Waals surface area contributed by atoms with Crippen LogP contribution in [0.25, 0.3) is 0 Å². The number of esters is 4. The van der Waals surface area contributed by atoms with E-state index in [4.69, 9.17) is 28.8 Å². The molecule has 11 nitrogen and oxygen atoms in total. The van der Waals surface area contributed by atoms with Crippen LogP contribution >= 0.6 is 0 Å². The monoisotopic (exact) mass is 486 g/mol. The summed E-state index contributed by atoms with van der Waals surface area (Å²) in [5.74, 6) is -3.97. The Bertz CT molecular complexity index is 745. The lowest BCUT2D eigenvalue weighted by Crippen LogP contribution is -2.61. The van der Waals surface area contributed by atoms with Crippen LogP contribution in [0, 0.1) is 0 Å². The van der Waals surface area contributed by atoms with Gasteiger partial charge in [0.1, 0.15) is 12.7 Å². The van der Waals surface area contributed by atoms with Gasteiger partial charge in [-0.3, -0.25) is 14.4 Å². The molecule has 1 heterocycles. The van der Waals surface area contributed by atoms with E-state index in [2.05, 4.69) is 0 Å². The molecular formula is C23H34O11. The van der Waals surface area contributed by atoms with E-state index in [-0.39, 0.29) is 19.3 Å². The van der Waals surface area contributed by atoms with Crippen molar-refractivity contribution in [2.24, 2.45) is 0 Å². The Hall–Kier alpha value is -2.95. The topological polar surface area (TPSA) is 152 Å². The molecule has 0 saturated carbocycles. The molecule has 1 aliphatic rings. The lowest BCUT2D eigenvalue weighted by Gasteiger charge is -2.43. The molecule has 0 aromatic heterocycles. The summed E-state index contributed by atoms with van der Waals surface area (Å²) in [5.41, 5.74) is 0. The molecule has 1 saturated heterocycles. The lowest BCUT2D eigenvalue weighted by atomic mass is 9.94. The van der Waals surface area contributed by atoms with Crippen molar-refractivity contribution in [2.45, 2.75) is 96.7 Å². The third-order valence-electron chi connectivity index (χ3n) is 4.78. The van der Waals surface area contributed by atoms with Gasteiger partial charge < -0.3 is 28.8 Å². The van der Waals surface area contributed by atoms with Gasteiger partial charge in [-0.1, -0.05) is 20.8 Å². The maximum Gasteiger partial charge on any atom is 0.331 e. The zero-order valence-corrected chi connectivity index (χ0v) is 20.0. The fraction of sp³-hybridized carbons (Fsp3) is 0.696. The minimum Gasteiger partial charge on any atom is -0.478 e. The number of rotatable bonds is 13. The molecule has 0 unspecified atom stereocenters. The van der Waals surface area contributed by atoms with Gasteiger partial charge in [-0.2, -0.15) is 0 Å². The van der Waals surface area contributed by atoms with Gasteiger partial charge in [-0.25, -0.2) is 9.59 Å². The molecule has 0 spiro atoms. The van der Waals surface area contributed by atoms with E-state index in [9.17, 15) is 24.0 Å². The molecular weight excluding hydrogens is 452 g/mol. The van der Waals surface area contributed by atoms with Crippen molar-refractivity contribution >= 4 is 29.8 Å². The second-order valence-electron chi connectivity index (χ2n) is 7.79. The molecule has 1 fully saturated rings. The highest BCUT2D eigenvalue weighted by Crippen LogP contribution is 2.30. The van der Waals surface area contributed by atoms with E-state index in [0.717, 1.165) is 6.08 Å². The molecule has 1 N–H and O–H groups in total. The van der Waals surface area contributed by atoms with Gasteiger partial charge in [-0.15, -0.1) is 0 Å². The summed E-state index contributed by atoms with van der Waals surface area (Å²) >= 11 is 0. The lowest BCUT2D eigenvalue weighted by molar-refractivity contribution is -0.250. The van der Waals surface area contributed by atoms with Crippen LogP contribution < -0.4 is 0 Å². The van der Waals surface area contributed by atoms with Crippen LogP contribution in [0.1, 0.15) is 66.2 Å². The van der Waals surface area contributed by atoms with E-state index >= 15 is 0 Å². The Labute approximate surface area is 198 Å². The van der Waals surface area contributed by atoms with Crippen LogP contribution in [0.3, 0.4) is 0 Å². The summed E-state index contributed by atoms with van der Waals surface area (Å²) in [6.07, 6.45) is -2.14. The Morgan fingerprint density at radius 2 is 1.24 bits per heavy atom. The molecule has 1 rings (SSSR count). The molecule has 0 aromatic carbocycles. The molecule has 34 heavy (non-hydrogen) atoms. The first-order chi connectivity index (χ1) is 16.1. The minimum absolute atomic E-state index is 0.0792. The zero-order valence-electron chi connectivity index (χ0n) is 20.0. The molecule has 0 aliphatic carbocycles. The first-order valence-corrected chi connectivity index (χ1v) is 11.4. The third kappa shape index (κ3) is 9.90. The number of hydrogen-bond acceptors (Lipinski definition) is 10. The number of carbonyl (C=O) groups is 5. The second kappa shape index (κ2) is 15.0. The fourth-order valence-corrected chi connectivity index (χ4v) is 3.27. The normalized spacial score (nSPS) is 24.3. The van der Waals surface area contributed by atoms with Gasteiger partial charge >= 0.3 is 29.8 Å². The predicted molar refractivity (Wildman–Crippen MR) is 116 cm³/mol. The van der Waals surface area contributed by atoms with Crippen LogP contribution in [-0.2, 0) is 47.7 Å². The number of carbonyl (C=O) groups excluding carboxylic acids is 4. The Kier molecular flexibility index (Phi) is 12.9. The summed E-state index contributed by atoms with van der Waals surface area (Å²) in [6, 6.07) is 0. The van der Waals surface area contributed by atoms with Crippen LogP contribution in [0.15, 0.2) is 12.2 Å². The van der Waals surface area contributed by atoms with Crippen molar-refractivity contribution in [1.82, 2.24) is 0 Å². The molecule has 192 valence electrons. The van der Waals surface area contributed by atoms with Crippen molar-refractivity contribution in [3.05, 3.63) is 12.2 Å². The molecule has 0 aromatic rings. The highest BCUT2D eigenvalue weighted by Gasteiger charge is 2.51. The first kappa shape index (κ1) is 29.1. The van der Waals surface area contributed by atoms with Gasteiger partial charge in [-0.05, 0) is 26.2 Å². The largest absolute Gasteiger partial charge is 0.478 e. The highest BCUT2D eigenvalue weighted by atomic mass is 16.7. The minimum atomic E-state index is -1.33. The summed E-state index contributed by atoms with van der Waals surface area (Å²) in [6.45, 7) is 6.54. The molecule has 5 atom stereocenters. The van der Waals surface area contributed by atoms with E-state index in [1.165, 1.54) is 0 Å². The Morgan fingerprint density at radius 3 is 1.71 bits per heavy atom. The average molecular weight is 487 g/mol. The molecule has 0 amide bonds. The summed E-state index contributed by atoms with van der Waals surface area (Å²) in [7, 11) is 0. The second-order valence-corrected chi connectivity index (χ2v) is 7.79. The maximum absolute atomic E-state index is 12.4. The van der Waals surface area contributed by atoms with Gasteiger partial charge in [0.25, 0.3) is 0 Å².